The van der Waals surface area contributed by atoms with Crippen LogP contribution in [0.15, 0.2) is 0 Å². The molecule has 0 aromatic carbocycles. The van der Waals surface area contributed by atoms with Gasteiger partial charge in [-0.1, -0.05) is 6.92 Å². The van der Waals surface area contributed by atoms with Gasteiger partial charge in [-0.15, -0.1) is 0 Å². The first-order chi connectivity index (χ1) is 7.14. The van der Waals surface area contributed by atoms with Gasteiger partial charge in [-0.3, -0.25) is 0 Å². The number of sulfonamides is 1. The second kappa shape index (κ2) is 4.60. The molecule has 0 aliphatic carbocycles. The van der Waals surface area contributed by atoms with E-state index in [4.69, 9.17) is 0 Å². The molecule has 1 rings (SSSR count). The van der Waals surface area contributed by atoms with Crippen molar-refractivity contribution >= 4 is 10.0 Å². The molecule has 0 saturated carbocycles. The number of hydrogen-bond donors (Lipinski definition) is 3. The van der Waals surface area contributed by atoms with Crippen LogP contribution in [-0.2, 0) is 10.0 Å². The van der Waals surface area contributed by atoms with E-state index in [1.54, 1.807) is 6.92 Å². The Morgan fingerprint density at radius 2 is 2.06 bits per heavy atom. The topological polar surface area (TPSA) is 78.4 Å². The van der Waals surface area contributed by atoms with E-state index in [-0.39, 0.29) is 24.4 Å². The molecule has 5 nitrogen and oxygen atoms in total. The summed E-state index contributed by atoms with van der Waals surface area (Å²) in [5.74, 6) is -0.0129. The number of aliphatic hydroxyl groups is 1. The summed E-state index contributed by atoms with van der Waals surface area (Å²) in [4.78, 5) is 0. The fourth-order valence-electron chi connectivity index (χ4n) is 2.21. The van der Waals surface area contributed by atoms with Gasteiger partial charge in [0, 0.05) is 25.0 Å². The van der Waals surface area contributed by atoms with Crippen molar-refractivity contribution in [2.75, 3.05) is 19.3 Å². The summed E-state index contributed by atoms with van der Waals surface area (Å²) in [5.41, 5.74) is -0.845. The number of piperidine rings is 1. The van der Waals surface area contributed by atoms with Crippen LogP contribution in [0.5, 0.6) is 0 Å². The van der Waals surface area contributed by atoms with E-state index in [2.05, 4.69) is 10.0 Å². The molecule has 16 heavy (non-hydrogen) atoms. The van der Waals surface area contributed by atoms with Crippen LogP contribution in [0.4, 0.5) is 0 Å². The summed E-state index contributed by atoms with van der Waals surface area (Å²) < 4.78 is 24.6. The van der Waals surface area contributed by atoms with Crippen molar-refractivity contribution in [2.24, 2.45) is 11.8 Å². The lowest BCUT2D eigenvalue weighted by atomic mass is 9.73. The summed E-state index contributed by atoms with van der Waals surface area (Å²) >= 11 is 0. The third kappa shape index (κ3) is 3.16. The van der Waals surface area contributed by atoms with Gasteiger partial charge in [0.1, 0.15) is 0 Å². The van der Waals surface area contributed by atoms with E-state index in [0.717, 1.165) is 12.8 Å². The molecule has 1 heterocycles. The Hall–Kier alpha value is -0.170. The number of hydrogen-bond acceptors (Lipinski definition) is 4. The van der Waals surface area contributed by atoms with Crippen LogP contribution < -0.4 is 10.0 Å². The Labute approximate surface area is 97.7 Å². The standard InChI is InChI=1S/C10H22N2O3S/c1-7-5-11-8(2)9(10(7,3)13)6-12-16(4,14)15/h7-9,11-13H,5-6H2,1-4H3. The van der Waals surface area contributed by atoms with E-state index >= 15 is 0 Å². The van der Waals surface area contributed by atoms with Crippen LogP contribution in [0.25, 0.3) is 0 Å². The minimum atomic E-state index is -3.20. The Morgan fingerprint density at radius 3 is 2.56 bits per heavy atom. The molecule has 1 aliphatic rings. The molecule has 0 aromatic rings. The molecule has 3 N–H and O–H groups in total. The van der Waals surface area contributed by atoms with E-state index < -0.39 is 15.6 Å². The van der Waals surface area contributed by atoms with E-state index in [1.807, 2.05) is 13.8 Å². The lowest BCUT2D eigenvalue weighted by Gasteiger charge is -2.46. The normalized spacial score (nSPS) is 40.9. The number of nitrogens with one attached hydrogen (secondary N) is 2. The molecule has 0 radical (unpaired) electrons. The Balaban J connectivity index is 2.74. The lowest BCUT2D eigenvalue weighted by Crippen LogP contribution is -2.61. The highest BCUT2D eigenvalue weighted by atomic mass is 32.2. The summed E-state index contributed by atoms with van der Waals surface area (Å²) in [6, 6.07) is 0.0976. The van der Waals surface area contributed by atoms with Gasteiger partial charge >= 0.3 is 0 Å². The molecule has 4 unspecified atom stereocenters. The van der Waals surface area contributed by atoms with Gasteiger partial charge in [0.25, 0.3) is 0 Å². The first kappa shape index (κ1) is 13.9. The monoisotopic (exact) mass is 250 g/mol. The third-order valence-corrected chi connectivity index (χ3v) is 4.35. The third-order valence-electron chi connectivity index (χ3n) is 3.66. The summed E-state index contributed by atoms with van der Waals surface area (Å²) in [7, 11) is -3.20. The molecule has 0 amide bonds. The van der Waals surface area contributed by atoms with Crippen molar-refractivity contribution in [2.45, 2.75) is 32.4 Å². The van der Waals surface area contributed by atoms with Gasteiger partial charge in [0.2, 0.25) is 10.0 Å². The van der Waals surface area contributed by atoms with Crippen LogP contribution in [0.3, 0.4) is 0 Å². The molecule has 0 aromatic heterocycles. The molecule has 1 aliphatic heterocycles. The maximum atomic E-state index is 11.1. The molecular formula is C10H22N2O3S. The average molecular weight is 250 g/mol. The van der Waals surface area contributed by atoms with Crippen LogP contribution in [0.1, 0.15) is 20.8 Å². The zero-order valence-corrected chi connectivity index (χ0v) is 11.1. The van der Waals surface area contributed by atoms with Crippen LogP contribution in [0, 0.1) is 11.8 Å². The minimum Gasteiger partial charge on any atom is -0.389 e. The van der Waals surface area contributed by atoms with Crippen molar-refractivity contribution < 1.29 is 13.5 Å². The zero-order chi connectivity index (χ0) is 12.6. The van der Waals surface area contributed by atoms with Gasteiger partial charge in [0.15, 0.2) is 0 Å². The van der Waals surface area contributed by atoms with Crippen LogP contribution in [-0.4, -0.2) is 44.5 Å². The van der Waals surface area contributed by atoms with E-state index in [9.17, 15) is 13.5 Å². The van der Waals surface area contributed by atoms with Gasteiger partial charge < -0.3 is 10.4 Å². The summed E-state index contributed by atoms with van der Waals surface area (Å²) in [6.07, 6.45) is 1.13. The molecule has 0 bridgehead atoms. The van der Waals surface area contributed by atoms with Crippen LogP contribution >= 0.6 is 0 Å². The zero-order valence-electron chi connectivity index (χ0n) is 10.3. The highest BCUT2D eigenvalue weighted by molar-refractivity contribution is 7.88. The smallest absolute Gasteiger partial charge is 0.208 e. The van der Waals surface area contributed by atoms with Gasteiger partial charge in [0.05, 0.1) is 11.9 Å². The van der Waals surface area contributed by atoms with Gasteiger partial charge in [-0.25, -0.2) is 13.1 Å². The van der Waals surface area contributed by atoms with Crippen LogP contribution in [0.2, 0.25) is 0 Å². The molecule has 96 valence electrons. The van der Waals surface area contributed by atoms with Crippen molar-refractivity contribution in [3.63, 3.8) is 0 Å². The van der Waals surface area contributed by atoms with Crippen molar-refractivity contribution in [1.29, 1.82) is 0 Å². The molecule has 0 spiro atoms. The largest absolute Gasteiger partial charge is 0.389 e. The molecule has 6 heteroatoms. The summed E-state index contributed by atoms with van der Waals surface area (Å²) in [5, 5.41) is 13.7. The van der Waals surface area contributed by atoms with Crippen molar-refractivity contribution in [3.8, 4) is 0 Å². The molecule has 4 atom stereocenters. The Bertz CT molecular complexity index is 340. The molecule has 1 fully saturated rings. The highest BCUT2D eigenvalue weighted by Crippen LogP contribution is 2.31. The Kier molecular flexibility index (Phi) is 3.99. The predicted octanol–water partition coefficient (Wildman–Crippen LogP) is -0.469. The second-order valence-electron chi connectivity index (χ2n) is 5.05. The van der Waals surface area contributed by atoms with Gasteiger partial charge in [-0.2, -0.15) is 0 Å². The fourth-order valence-corrected chi connectivity index (χ4v) is 2.69. The number of rotatable bonds is 3. The molecular weight excluding hydrogens is 228 g/mol. The lowest BCUT2D eigenvalue weighted by molar-refractivity contribution is -0.0770. The predicted molar refractivity (Wildman–Crippen MR) is 63.6 cm³/mol. The second-order valence-corrected chi connectivity index (χ2v) is 6.88. The van der Waals surface area contributed by atoms with Crippen molar-refractivity contribution in [3.05, 3.63) is 0 Å². The average Bonchev–Trinajstić information content (AvgIpc) is 2.09. The Morgan fingerprint density at radius 1 is 1.50 bits per heavy atom. The maximum Gasteiger partial charge on any atom is 0.208 e. The molecule has 1 saturated heterocycles. The maximum absolute atomic E-state index is 11.1. The SMILES string of the molecule is CC1NCC(C)C(C)(O)C1CNS(C)(=O)=O. The quantitative estimate of drug-likeness (QED) is 0.633. The first-order valence-corrected chi connectivity index (χ1v) is 7.44. The highest BCUT2D eigenvalue weighted by Gasteiger charge is 2.43. The summed E-state index contributed by atoms with van der Waals surface area (Å²) in [6.45, 7) is 6.73. The minimum absolute atomic E-state index is 0.0976. The first-order valence-electron chi connectivity index (χ1n) is 5.55. The fraction of sp³-hybridized carbons (Fsp3) is 1.00. The van der Waals surface area contributed by atoms with Crippen molar-refractivity contribution in [1.82, 2.24) is 10.0 Å². The van der Waals surface area contributed by atoms with E-state index in [0.29, 0.717) is 0 Å². The van der Waals surface area contributed by atoms with Gasteiger partial charge in [-0.05, 0) is 19.8 Å². The van der Waals surface area contributed by atoms with E-state index in [1.165, 1.54) is 0 Å².